The largest absolute Gasteiger partial charge is 0.124 e. The van der Waals surface area contributed by atoms with Crippen LogP contribution in [0.1, 0.15) is 138 Å². The van der Waals surface area contributed by atoms with Crippen LogP contribution in [0.5, 0.6) is 0 Å². The van der Waals surface area contributed by atoms with Crippen molar-refractivity contribution in [2.75, 3.05) is 0 Å². The Morgan fingerprint density at radius 2 is 0.591 bits per heavy atom. The zero-order valence-electron chi connectivity index (χ0n) is 20.9. The van der Waals surface area contributed by atoms with Gasteiger partial charge in [-0.2, -0.15) is 0 Å². The summed E-state index contributed by atoms with van der Waals surface area (Å²) in [6.45, 7) is 32.5. The lowest BCUT2D eigenvalue weighted by atomic mass is 10.2. The lowest BCUT2D eigenvalue weighted by Crippen LogP contribution is -1.66. The van der Waals surface area contributed by atoms with Gasteiger partial charge in [0.2, 0.25) is 0 Å². The highest BCUT2D eigenvalue weighted by Gasteiger charge is 1.75. The third-order valence-corrected chi connectivity index (χ3v) is 0.957. The van der Waals surface area contributed by atoms with E-state index in [1.165, 1.54) is 32.1 Å². The average molecular weight is 325 g/mol. The molecule has 0 aliphatic rings. The highest BCUT2D eigenvalue weighted by molar-refractivity contribution is 4.47. The highest BCUT2D eigenvalue weighted by atomic mass is 13.8. The van der Waals surface area contributed by atoms with Crippen LogP contribution < -0.4 is 0 Å². The summed E-state index contributed by atoms with van der Waals surface area (Å²) >= 11 is 0. The molecule has 0 aliphatic heterocycles. The van der Waals surface area contributed by atoms with Crippen molar-refractivity contribution in [1.82, 2.24) is 0 Å². The van der Waals surface area contributed by atoms with E-state index in [-0.39, 0.29) is 0 Å². The van der Waals surface area contributed by atoms with Crippen molar-refractivity contribution < 1.29 is 1.37 Å². The van der Waals surface area contributed by atoms with Gasteiger partial charge in [-0.25, -0.2) is 0 Å². The molecule has 0 N–H and O–H groups in total. The number of unbranched alkanes of at least 4 members (excludes halogenated alkanes) is 3. The lowest BCUT2D eigenvalue weighted by molar-refractivity contribution is 0.702. The fourth-order valence-electron chi connectivity index (χ4n) is 0.500. The van der Waals surface area contributed by atoms with Crippen molar-refractivity contribution in [3.05, 3.63) is 0 Å². The van der Waals surface area contributed by atoms with Crippen LogP contribution in [0.3, 0.4) is 0 Å². The molecule has 0 fully saturated rings. The summed E-state index contributed by atoms with van der Waals surface area (Å²) in [6.07, 6.45) is 11.3. The number of rotatable bonds is 3. The first-order chi connectivity index (χ1) is 11.3. The summed E-state index contributed by atoms with van der Waals surface area (Å²) in [5.41, 5.74) is 0. The van der Waals surface area contributed by atoms with Gasteiger partial charge in [-0.1, -0.05) is 136 Å². The van der Waals surface area contributed by atoms with Crippen LogP contribution in [-0.2, 0) is 0 Å². The second-order valence-corrected chi connectivity index (χ2v) is 1.71. The first-order valence-electron chi connectivity index (χ1n) is 10.7. The number of hydrogen-bond acceptors (Lipinski definition) is 0. The lowest BCUT2D eigenvalue weighted by Gasteiger charge is -1.86. The van der Waals surface area contributed by atoms with Gasteiger partial charge in [0, 0.05) is 0 Å². The van der Waals surface area contributed by atoms with Gasteiger partial charge in [0.25, 0.3) is 0 Å². The van der Waals surface area contributed by atoms with Crippen LogP contribution in [0.2, 0.25) is 0 Å². The van der Waals surface area contributed by atoms with Crippen LogP contribution in [0.25, 0.3) is 0 Å². The Bertz CT molecular complexity index is 58.9. The molecule has 0 saturated carbocycles. The zero-order chi connectivity index (χ0) is 21.5. The maximum absolute atomic E-state index is 5.74. The predicted molar refractivity (Wildman–Crippen MR) is 119 cm³/mol. The van der Waals surface area contributed by atoms with Gasteiger partial charge in [-0.15, -0.1) is 12.8 Å². The van der Waals surface area contributed by atoms with E-state index >= 15 is 0 Å². The van der Waals surface area contributed by atoms with Crippen LogP contribution in [0.4, 0.5) is 0 Å². The number of hydrogen-bond donors (Lipinski definition) is 0. The van der Waals surface area contributed by atoms with E-state index in [1.54, 1.807) is 0 Å². The van der Waals surface area contributed by atoms with E-state index in [1.807, 2.05) is 96.9 Å². The molecule has 0 heteroatoms. The SMILES string of the molecule is CC.CC.CC.CC.CC.CC.CC.CCCCCC.[3H]C#C. The molecule has 0 aromatic heterocycles. The molecule has 0 bridgehead atoms. The number of terminal acetylenes is 1. The molecule has 0 aromatic carbocycles. The molecule has 0 spiro atoms. The molecule has 0 nitrogen and oxygen atoms in total. The van der Waals surface area contributed by atoms with Gasteiger partial charge in [-0.05, 0) is 0 Å². The van der Waals surface area contributed by atoms with Crippen molar-refractivity contribution >= 4 is 0 Å². The Kier molecular flexibility index (Phi) is 1400. The topological polar surface area (TPSA) is 0 Å². The van der Waals surface area contributed by atoms with E-state index in [0.717, 1.165) is 0 Å². The van der Waals surface area contributed by atoms with Gasteiger partial charge >= 0.3 is 0 Å². The van der Waals surface area contributed by atoms with E-state index < -0.39 is 0 Å². The molecular formula is C22H58. The predicted octanol–water partition coefficient (Wildman–Crippen LogP) is 10.0. The summed E-state index contributed by atoms with van der Waals surface area (Å²) in [7, 11) is 0. The third kappa shape index (κ3) is 1030. The maximum atomic E-state index is 5.74. The summed E-state index contributed by atoms with van der Waals surface area (Å²) in [4.78, 5) is 0. The smallest absolute Gasteiger partial charge is 0.124 e. The van der Waals surface area contributed by atoms with Gasteiger partial charge in [0.15, 0.2) is 0 Å². The van der Waals surface area contributed by atoms with Crippen LogP contribution >= 0.6 is 0 Å². The van der Waals surface area contributed by atoms with Crippen molar-refractivity contribution in [3.63, 3.8) is 0 Å². The molecule has 0 rings (SSSR count). The Hall–Kier alpha value is -0.440. The molecule has 0 atom stereocenters. The van der Waals surface area contributed by atoms with E-state index in [9.17, 15) is 0 Å². The molecule has 22 heavy (non-hydrogen) atoms. The second-order valence-electron chi connectivity index (χ2n) is 1.71. The Labute approximate surface area is 151 Å². The standard InChI is InChI=1S/C6H14.7C2H6.C2H2/c1-3-5-6-4-2;8*1-2/h3-6H2,1-2H3;7*1-2H3;1-2H/i;;;;;;;;1T. The molecule has 0 heterocycles. The molecule has 0 aliphatic carbocycles. The third-order valence-electron chi connectivity index (χ3n) is 0.957. The van der Waals surface area contributed by atoms with Crippen molar-refractivity contribution in [2.24, 2.45) is 0 Å². The van der Waals surface area contributed by atoms with E-state index in [2.05, 4.69) is 20.3 Å². The average Bonchev–Trinajstić information content (AvgIpc) is 2.72. The minimum atomic E-state index is 1.36. The summed E-state index contributed by atoms with van der Waals surface area (Å²) in [5.74, 6) is 0. The molecule has 0 aromatic rings. The minimum Gasteiger partial charge on any atom is -0.124 e. The van der Waals surface area contributed by atoms with E-state index in [0.29, 0.717) is 0 Å². The van der Waals surface area contributed by atoms with Gasteiger partial charge < -0.3 is 0 Å². The fourth-order valence-corrected chi connectivity index (χ4v) is 0.500. The van der Waals surface area contributed by atoms with Crippen LogP contribution in [0, 0.1) is 12.8 Å². The maximum Gasteiger partial charge on any atom is 0.124 e. The zero-order valence-corrected chi connectivity index (χ0v) is 19.9. The van der Waals surface area contributed by atoms with Crippen LogP contribution in [-0.4, -0.2) is 0 Å². The monoisotopic (exact) mass is 324 g/mol. The molecule has 0 radical (unpaired) electrons. The summed E-state index contributed by atoms with van der Waals surface area (Å²) in [6, 6.07) is 0. The molecular weight excluding hydrogens is 264 g/mol. The summed E-state index contributed by atoms with van der Waals surface area (Å²) in [5, 5.41) is 0. The quantitative estimate of drug-likeness (QED) is 0.358. The van der Waals surface area contributed by atoms with Crippen molar-refractivity contribution in [1.29, 1.82) is 0 Å². The Balaban J connectivity index is -0.0000000145. The minimum absolute atomic E-state index is 1.36. The molecule has 0 unspecified atom stereocenters. The first-order valence-corrected chi connectivity index (χ1v) is 10.2. The van der Waals surface area contributed by atoms with Crippen LogP contribution in [0.15, 0.2) is 0 Å². The van der Waals surface area contributed by atoms with Gasteiger partial charge in [0.05, 0.1) is 0 Å². The second kappa shape index (κ2) is 621. The van der Waals surface area contributed by atoms with Crippen molar-refractivity contribution in [3.8, 4) is 12.8 Å². The highest BCUT2D eigenvalue weighted by Crippen LogP contribution is 1.95. The van der Waals surface area contributed by atoms with Gasteiger partial charge in [-0.3, -0.25) is 0 Å². The Morgan fingerprint density at radius 3 is 0.636 bits per heavy atom. The fraction of sp³-hybridized carbons (Fsp3) is 0.909. The van der Waals surface area contributed by atoms with E-state index in [4.69, 9.17) is 1.37 Å². The van der Waals surface area contributed by atoms with Gasteiger partial charge in [0.1, 0.15) is 1.37 Å². The molecule has 0 saturated heterocycles. The first kappa shape index (κ1) is 49.6. The normalized spacial score (nSPS) is 4.77. The summed E-state index contributed by atoms with van der Waals surface area (Å²) < 4.78 is 5.74. The Morgan fingerprint density at radius 1 is 0.500 bits per heavy atom. The molecule has 146 valence electrons. The molecule has 0 amide bonds. The van der Waals surface area contributed by atoms with Crippen molar-refractivity contribution in [2.45, 2.75) is 136 Å².